The Labute approximate surface area is 206 Å². The lowest BCUT2D eigenvalue weighted by Crippen LogP contribution is -2.58. The summed E-state index contributed by atoms with van der Waals surface area (Å²) in [7, 11) is -1.07. The standard InChI is InChI=1S/C21H25ClN4O6S2/c1-20(2,3)32-19(27)24-18-25-21(11-31-10-16(21)34(28,29)26(18)4)17-14(22)7-15(33-17)12-6-13(30-5)9-23-8-12/h6-9,16H,10-11H2,1-5H3,(H,24,25,27)/t16?,21-/m0/s1. The second kappa shape index (κ2) is 8.67. The molecule has 1 saturated heterocycles. The molecule has 0 radical (unpaired) electrons. The molecule has 1 unspecified atom stereocenters. The van der Waals surface area contributed by atoms with Gasteiger partial charge < -0.3 is 14.2 Å². The maximum atomic E-state index is 13.4. The number of amides is 1. The van der Waals surface area contributed by atoms with Crippen molar-refractivity contribution in [2.75, 3.05) is 27.4 Å². The average molecular weight is 529 g/mol. The molecule has 10 nitrogen and oxygen atoms in total. The first-order valence-corrected chi connectivity index (χ1v) is 13.0. The molecule has 2 aromatic rings. The minimum absolute atomic E-state index is 0.0136. The van der Waals surface area contributed by atoms with Crippen molar-refractivity contribution >= 4 is 45.0 Å². The zero-order valence-electron chi connectivity index (χ0n) is 19.3. The first-order chi connectivity index (χ1) is 15.9. The number of halogens is 1. The van der Waals surface area contributed by atoms with E-state index in [1.165, 1.54) is 18.4 Å². The highest BCUT2D eigenvalue weighted by Crippen LogP contribution is 2.49. The van der Waals surface area contributed by atoms with Gasteiger partial charge in [0.2, 0.25) is 16.0 Å². The Morgan fingerprint density at radius 3 is 2.76 bits per heavy atom. The Balaban J connectivity index is 1.81. The fourth-order valence-electron chi connectivity index (χ4n) is 3.80. The number of fused-ring (bicyclic) bond motifs is 1. The maximum absolute atomic E-state index is 13.4. The van der Waals surface area contributed by atoms with E-state index in [2.05, 4.69) is 10.3 Å². The van der Waals surface area contributed by atoms with Crippen molar-refractivity contribution in [2.45, 2.75) is 37.2 Å². The maximum Gasteiger partial charge on any atom is 0.414 e. The number of nitrogens with zero attached hydrogens (tertiary/aromatic N) is 3. The van der Waals surface area contributed by atoms with E-state index >= 15 is 0 Å². The molecule has 0 saturated carbocycles. The fourth-order valence-corrected chi connectivity index (χ4v) is 7.24. The summed E-state index contributed by atoms with van der Waals surface area (Å²) in [6.45, 7) is 5.05. The van der Waals surface area contributed by atoms with Gasteiger partial charge in [-0.1, -0.05) is 11.6 Å². The number of thiophene rings is 1. The minimum atomic E-state index is -3.94. The number of ether oxygens (including phenoxy) is 3. The predicted molar refractivity (Wildman–Crippen MR) is 129 cm³/mol. The van der Waals surface area contributed by atoms with Crippen molar-refractivity contribution in [2.24, 2.45) is 4.99 Å². The van der Waals surface area contributed by atoms with Gasteiger partial charge in [0, 0.05) is 23.7 Å². The number of aliphatic imine (C=N–C) groups is 1. The van der Waals surface area contributed by atoms with Crippen LogP contribution in [0, 0.1) is 0 Å². The number of carbonyl (C=O) groups excluding carboxylic acids is 1. The van der Waals surface area contributed by atoms with Crippen molar-refractivity contribution in [3.05, 3.63) is 34.4 Å². The van der Waals surface area contributed by atoms with E-state index in [1.54, 1.807) is 46.3 Å². The van der Waals surface area contributed by atoms with Crippen LogP contribution in [0.15, 0.2) is 29.5 Å². The lowest BCUT2D eigenvalue weighted by Gasteiger charge is -2.38. The van der Waals surface area contributed by atoms with Crippen LogP contribution in [0.1, 0.15) is 25.6 Å². The number of rotatable bonds is 3. The molecule has 0 aromatic carbocycles. The smallest absolute Gasteiger partial charge is 0.414 e. The van der Waals surface area contributed by atoms with Gasteiger partial charge in [0.25, 0.3) is 0 Å². The van der Waals surface area contributed by atoms with Gasteiger partial charge in [-0.2, -0.15) is 0 Å². The van der Waals surface area contributed by atoms with Crippen LogP contribution in [0.3, 0.4) is 0 Å². The number of hydrogen-bond donors (Lipinski definition) is 1. The quantitative estimate of drug-likeness (QED) is 0.649. The average Bonchev–Trinajstić information content (AvgIpc) is 3.36. The normalized spacial score (nSPS) is 23.8. The molecule has 2 atom stereocenters. The third-order valence-corrected chi connectivity index (χ3v) is 9.34. The van der Waals surface area contributed by atoms with Gasteiger partial charge in [-0.05, 0) is 32.9 Å². The molecule has 1 fully saturated rings. The van der Waals surface area contributed by atoms with Gasteiger partial charge in [-0.15, -0.1) is 11.3 Å². The summed E-state index contributed by atoms with van der Waals surface area (Å²) in [5, 5.41) is 1.81. The number of guanidine groups is 1. The summed E-state index contributed by atoms with van der Waals surface area (Å²) < 4.78 is 44.0. The van der Waals surface area contributed by atoms with E-state index < -0.39 is 32.5 Å². The summed E-state index contributed by atoms with van der Waals surface area (Å²) >= 11 is 7.94. The molecule has 34 heavy (non-hydrogen) atoms. The predicted octanol–water partition coefficient (Wildman–Crippen LogP) is 3.22. The van der Waals surface area contributed by atoms with Crippen LogP contribution in [0.2, 0.25) is 5.02 Å². The summed E-state index contributed by atoms with van der Waals surface area (Å²) in [5.41, 5.74) is -1.34. The summed E-state index contributed by atoms with van der Waals surface area (Å²) in [4.78, 5) is 22.6. The second-order valence-corrected chi connectivity index (χ2v) is 12.5. The number of nitrogens with one attached hydrogen (secondary N) is 1. The Kier molecular flexibility index (Phi) is 6.30. The SMILES string of the molecule is COc1cncc(-c2cc(Cl)c([C@]34COCC3S(=O)(=O)N(C)C(NC(=O)OC(C)(C)C)=N4)s2)c1. The Morgan fingerprint density at radius 1 is 1.35 bits per heavy atom. The molecule has 4 rings (SSSR count). The molecule has 1 N–H and O–H groups in total. The molecule has 0 spiro atoms. The first-order valence-electron chi connectivity index (χ1n) is 10.3. The van der Waals surface area contributed by atoms with Crippen molar-refractivity contribution in [3.63, 3.8) is 0 Å². The highest BCUT2D eigenvalue weighted by Gasteiger charge is 2.59. The number of hydrogen-bond acceptors (Lipinski definition) is 9. The first kappa shape index (κ1) is 24.7. The Bertz CT molecular complexity index is 1260. The highest BCUT2D eigenvalue weighted by molar-refractivity contribution is 7.90. The molecular formula is C21H25ClN4O6S2. The third kappa shape index (κ3) is 4.35. The van der Waals surface area contributed by atoms with Crippen LogP contribution in [-0.4, -0.2) is 68.0 Å². The number of pyridine rings is 1. The van der Waals surface area contributed by atoms with Crippen LogP contribution in [0.25, 0.3) is 10.4 Å². The van der Waals surface area contributed by atoms with Gasteiger partial charge in [0.05, 0.1) is 36.4 Å². The molecule has 0 aliphatic carbocycles. The summed E-state index contributed by atoms with van der Waals surface area (Å²) in [6.07, 6.45) is 2.43. The van der Waals surface area contributed by atoms with Gasteiger partial charge in [-0.3, -0.25) is 10.3 Å². The van der Waals surface area contributed by atoms with E-state index in [9.17, 15) is 13.2 Å². The molecule has 184 valence electrons. The number of sulfonamides is 1. The lowest BCUT2D eigenvalue weighted by atomic mass is 9.96. The van der Waals surface area contributed by atoms with Gasteiger partial charge >= 0.3 is 6.09 Å². The van der Waals surface area contributed by atoms with Crippen LogP contribution in [-0.2, 0) is 25.0 Å². The molecule has 0 bridgehead atoms. The molecule has 2 aliphatic rings. The molecule has 2 aromatic heterocycles. The van der Waals surface area contributed by atoms with Crippen LogP contribution >= 0.6 is 22.9 Å². The monoisotopic (exact) mass is 528 g/mol. The molecule has 1 amide bonds. The molecule has 4 heterocycles. The number of alkyl carbamates (subject to hydrolysis) is 1. The van der Waals surface area contributed by atoms with Crippen molar-refractivity contribution < 1.29 is 27.4 Å². The van der Waals surface area contributed by atoms with E-state index in [0.717, 1.165) is 14.7 Å². The molecular weight excluding hydrogens is 504 g/mol. The van der Waals surface area contributed by atoms with E-state index in [0.29, 0.717) is 15.6 Å². The number of aromatic nitrogens is 1. The van der Waals surface area contributed by atoms with Gasteiger partial charge in [0.15, 0.2) is 0 Å². The van der Waals surface area contributed by atoms with Crippen molar-refractivity contribution in [1.29, 1.82) is 0 Å². The van der Waals surface area contributed by atoms with E-state index in [1.807, 2.05) is 6.07 Å². The van der Waals surface area contributed by atoms with E-state index in [-0.39, 0.29) is 19.2 Å². The zero-order valence-corrected chi connectivity index (χ0v) is 21.7. The molecule has 2 aliphatic heterocycles. The minimum Gasteiger partial charge on any atom is -0.495 e. The number of methoxy groups -OCH3 is 1. The highest BCUT2D eigenvalue weighted by atomic mass is 35.5. The Morgan fingerprint density at radius 2 is 2.09 bits per heavy atom. The summed E-state index contributed by atoms with van der Waals surface area (Å²) in [5.74, 6) is 0.414. The lowest BCUT2D eigenvalue weighted by molar-refractivity contribution is 0.0558. The largest absolute Gasteiger partial charge is 0.495 e. The van der Waals surface area contributed by atoms with Crippen LogP contribution < -0.4 is 10.1 Å². The van der Waals surface area contributed by atoms with Crippen LogP contribution in [0.4, 0.5) is 4.79 Å². The van der Waals surface area contributed by atoms with Gasteiger partial charge in [-0.25, -0.2) is 22.5 Å². The van der Waals surface area contributed by atoms with Crippen LogP contribution in [0.5, 0.6) is 5.75 Å². The van der Waals surface area contributed by atoms with Gasteiger partial charge in [0.1, 0.15) is 22.1 Å². The van der Waals surface area contributed by atoms with E-state index in [4.69, 9.17) is 30.8 Å². The second-order valence-electron chi connectivity index (χ2n) is 8.90. The fraction of sp³-hybridized carbons (Fsp3) is 0.476. The topological polar surface area (TPSA) is 119 Å². The number of carbonyl (C=O) groups is 1. The zero-order chi connectivity index (χ0) is 24.9. The van der Waals surface area contributed by atoms with Crippen molar-refractivity contribution in [1.82, 2.24) is 14.6 Å². The summed E-state index contributed by atoms with van der Waals surface area (Å²) in [6, 6.07) is 3.55. The van der Waals surface area contributed by atoms with Crippen molar-refractivity contribution in [3.8, 4) is 16.2 Å². The molecule has 13 heteroatoms. The third-order valence-electron chi connectivity index (χ3n) is 5.40. The Hall–Kier alpha value is -2.41.